The van der Waals surface area contributed by atoms with Crippen molar-refractivity contribution in [2.45, 2.75) is 0 Å². The molecule has 1 aliphatic carbocycles. The molecule has 5 rings (SSSR count). The predicted octanol–water partition coefficient (Wildman–Crippen LogP) is 5.63. The largest absolute Gasteiger partial charge is 0.0616 e. The Kier molecular flexibility index (Phi) is 1.78. The molecule has 0 amide bonds. The van der Waals surface area contributed by atoms with E-state index in [2.05, 4.69) is 72.8 Å². The molecule has 0 saturated carbocycles. The first kappa shape index (κ1) is 10.2. The van der Waals surface area contributed by atoms with E-state index >= 15 is 0 Å². The van der Waals surface area contributed by atoms with Crippen molar-refractivity contribution in [1.29, 1.82) is 0 Å². The number of hydrogen-bond donors (Lipinski definition) is 0. The van der Waals surface area contributed by atoms with Gasteiger partial charge in [-0.15, -0.1) is 0 Å². The zero-order valence-electron chi connectivity index (χ0n) is 10.9. The summed E-state index contributed by atoms with van der Waals surface area (Å²) >= 11 is 0. The Hall–Kier alpha value is -2.60. The Labute approximate surface area is 117 Å². The standard InChI is InChI=1S/C20H12/c1-2-5-15-12-19-17(10-14(15)4-1)11-16-9-8-13-6-3-7-18(19)20(13)16/h1-12H. The molecule has 0 heterocycles. The summed E-state index contributed by atoms with van der Waals surface area (Å²) < 4.78 is 0. The number of hydrogen-bond acceptors (Lipinski definition) is 0. The average molecular weight is 252 g/mol. The lowest BCUT2D eigenvalue weighted by Gasteiger charge is -2.09. The van der Waals surface area contributed by atoms with E-state index < -0.39 is 0 Å². The number of benzene rings is 4. The van der Waals surface area contributed by atoms with Crippen molar-refractivity contribution >= 4 is 44.5 Å². The van der Waals surface area contributed by atoms with E-state index in [1.165, 1.54) is 43.4 Å². The van der Waals surface area contributed by atoms with Crippen molar-refractivity contribution < 1.29 is 0 Å². The molecule has 4 aromatic carbocycles. The lowest BCUT2D eigenvalue weighted by Crippen LogP contribution is -1.83. The van der Waals surface area contributed by atoms with Crippen molar-refractivity contribution in [1.82, 2.24) is 0 Å². The molecule has 0 bridgehead atoms. The zero-order chi connectivity index (χ0) is 13.1. The first-order valence-electron chi connectivity index (χ1n) is 6.96. The molecule has 0 nitrogen and oxygen atoms in total. The van der Waals surface area contributed by atoms with Crippen molar-refractivity contribution in [3.63, 3.8) is 0 Å². The minimum absolute atomic E-state index is 1.31. The summed E-state index contributed by atoms with van der Waals surface area (Å²) in [5.41, 5.74) is 2.69. The summed E-state index contributed by atoms with van der Waals surface area (Å²) in [4.78, 5) is 0. The molecular formula is C20H12. The van der Waals surface area contributed by atoms with Crippen LogP contribution < -0.4 is 0 Å². The zero-order valence-corrected chi connectivity index (χ0v) is 10.9. The number of rotatable bonds is 0. The van der Waals surface area contributed by atoms with Crippen molar-refractivity contribution in [2.75, 3.05) is 0 Å². The van der Waals surface area contributed by atoms with Gasteiger partial charge in [-0.3, -0.25) is 0 Å². The Balaban J connectivity index is 2.09. The molecule has 0 saturated heterocycles. The Morgan fingerprint density at radius 2 is 1.30 bits per heavy atom. The van der Waals surface area contributed by atoms with Crippen LogP contribution >= 0.6 is 0 Å². The highest BCUT2D eigenvalue weighted by Gasteiger charge is 2.12. The summed E-state index contributed by atoms with van der Waals surface area (Å²) in [5.74, 6) is 0. The van der Waals surface area contributed by atoms with E-state index in [0.29, 0.717) is 0 Å². The summed E-state index contributed by atoms with van der Waals surface area (Å²) in [6.07, 6.45) is 4.45. The fourth-order valence-corrected chi connectivity index (χ4v) is 3.42. The van der Waals surface area contributed by atoms with Crippen LogP contribution in [0.5, 0.6) is 0 Å². The van der Waals surface area contributed by atoms with Gasteiger partial charge in [-0.05, 0) is 61.6 Å². The van der Waals surface area contributed by atoms with Crippen LogP contribution in [0.3, 0.4) is 0 Å². The van der Waals surface area contributed by atoms with Crippen LogP contribution in [0.2, 0.25) is 0 Å². The van der Waals surface area contributed by atoms with Crippen LogP contribution in [0, 0.1) is 0 Å². The van der Waals surface area contributed by atoms with Crippen LogP contribution in [-0.2, 0) is 0 Å². The van der Waals surface area contributed by atoms with Crippen LogP contribution in [0.4, 0.5) is 0 Å². The van der Waals surface area contributed by atoms with E-state index in [1.54, 1.807) is 0 Å². The van der Waals surface area contributed by atoms with E-state index in [0.717, 1.165) is 0 Å². The summed E-state index contributed by atoms with van der Waals surface area (Å²) in [7, 11) is 0. The first-order chi connectivity index (χ1) is 9.90. The molecule has 0 aliphatic heterocycles. The normalized spacial score (nSPS) is 12.8. The summed E-state index contributed by atoms with van der Waals surface area (Å²) in [6.45, 7) is 0. The van der Waals surface area contributed by atoms with Crippen LogP contribution in [-0.4, -0.2) is 0 Å². The summed E-state index contributed by atoms with van der Waals surface area (Å²) in [6, 6.07) is 22.1. The molecule has 92 valence electrons. The second-order valence-corrected chi connectivity index (χ2v) is 5.49. The average Bonchev–Trinajstić information content (AvgIpc) is 2.90. The highest BCUT2D eigenvalue weighted by molar-refractivity contribution is 6.18. The molecule has 0 N–H and O–H groups in total. The van der Waals surface area contributed by atoms with Gasteiger partial charge in [-0.25, -0.2) is 0 Å². The van der Waals surface area contributed by atoms with Gasteiger partial charge in [0.25, 0.3) is 0 Å². The van der Waals surface area contributed by atoms with E-state index in [1.807, 2.05) is 0 Å². The van der Waals surface area contributed by atoms with Crippen molar-refractivity contribution in [2.24, 2.45) is 0 Å². The SMILES string of the molecule is C1=Cc2cc3cc4ccccc4cc3c3cccc1c23. The summed E-state index contributed by atoms with van der Waals surface area (Å²) in [5, 5.41) is 8.07. The number of fused-ring (bicyclic) bond motifs is 3. The third kappa shape index (κ3) is 1.21. The van der Waals surface area contributed by atoms with Crippen molar-refractivity contribution in [3.05, 3.63) is 71.8 Å². The molecule has 0 radical (unpaired) electrons. The second-order valence-electron chi connectivity index (χ2n) is 5.49. The van der Waals surface area contributed by atoms with Gasteiger partial charge < -0.3 is 0 Å². The molecule has 0 heteroatoms. The molecule has 20 heavy (non-hydrogen) atoms. The second kappa shape index (κ2) is 3.49. The Morgan fingerprint density at radius 1 is 0.500 bits per heavy atom. The van der Waals surface area contributed by atoms with Crippen LogP contribution in [0.25, 0.3) is 44.5 Å². The minimum atomic E-state index is 1.31. The lowest BCUT2D eigenvalue weighted by molar-refractivity contribution is 1.75. The fraction of sp³-hybridized carbons (Fsp3) is 0. The Morgan fingerprint density at radius 3 is 2.20 bits per heavy atom. The van der Waals surface area contributed by atoms with Gasteiger partial charge in [0, 0.05) is 0 Å². The van der Waals surface area contributed by atoms with Crippen LogP contribution in [0.1, 0.15) is 11.1 Å². The molecule has 0 atom stereocenters. The maximum atomic E-state index is 2.33. The van der Waals surface area contributed by atoms with Crippen molar-refractivity contribution in [3.8, 4) is 0 Å². The van der Waals surface area contributed by atoms with Gasteiger partial charge in [0.05, 0.1) is 0 Å². The molecule has 1 aliphatic rings. The molecule has 4 aromatic rings. The monoisotopic (exact) mass is 252 g/mol. The van der Waals surface area contributed by atoms with Gasteiger partial charge >= 0.3 is 0 Å². The van der Waals surface area contributed by atoms with Gasteiger partial charge in [0.2, 0.25) is 0 Å². The lowest BCUT2D eigenvalue weighted by atomic mass is 9.95. The Bertz CT molecular complexity index is 1040. The maximum absolute atomic E-state index is 2.33. The third-order valence-electron chi connectivity index (χ3n) is 4.35. The van der Waals surface area contributed by atoms with Gasteiger partial charge in [-0.1, -0.05) is 54.6 Å². The third-order valence-corrected chi connectivity index (χ3v) is 4.35. The molecule has 0 fully saturated rings. The van der Waals surface area contributed by atoms with Gasteiger partial charge in [-0.2, -0.15) is 0 Å². The first-order valence-corrected chi connectivity index (χ1v) is 6.96. The maximum Gasteiger partial charge on any atom is -0.00324 e. The minimum Gasteiger partial charge on any atom is -0.0616 e. The van der Waals surface area contributed by atoms with Crippen LogP contribution in [0.15, 0.2) is 60.7 Å². The van der Waals surface area contributed by atoms with E-state index in [-0.39, 0.29) is 0 Å². The highest BCUT2D eigenvalue weighted by Crippen LogP contribution is 2.37. The van der Waals surface area contributed by atoms with Gasteiger partial charge in [0.1, 0.15) is 0 Å². The van der Waals surface area contributed by atoms with Gasteiger partial charge in [0.15, 0.2) is 0 Å². The quantitative estimate of drug-likeness (QED) is 0.247. The smallest absolute Gasteiger partial charge is 0.00324 e. The van der Waals surface area contributed by atoms with E-state index in [4.69, 9.17) is 0 Å². The molecule has 0 unspecified atom stereocenters. The fourth-order valence-electron chi connectivity index (χ4n) is 3.42. The molecular weight excluding hydrogens is 240 g/mol. The predicted molar refractivity (Wildman–Crippen MR) is 87.9 cm³/mol. The molecule has 0 aromatic heterocycles. The van der Waals surface area contributed by atoms with E-state index in [9.17, 15) is 0 Å². The topological polar surface area (TPSA) is 0 Å². The molecule has 0 spiro atoms. The highest BCUT2D eigenvalue weighted by atomic mass is 14.2.